The summed E-state index contributed by atoms with van der Waals surface area (Å²) in [6.45, 7) is 3.63. The molecular weight excluding hydrogens is 432 g/mol. The smallest absolute Gasteiger partial charge is 0.262 e. The van der Waals surface area contributed by atoms with Gasteiger partial charge in [0, 0.05) is 10.6 Å². The number of para-hydroxylation sites is 2. The Hall–Kier alpha value is -2.97. The third-order valence-electron chi connectivity index (χ3n) is 4.55. The van der Waals surface area contributed by atoms with Gasteiger partial charge in [0.1, 0.15) is 5.75 Å². The molecule has 1 amide bonds. The molecule has 0 aromatic heterocycles. The molecule has 0 spiro atoms. The van der Waals surface area contributed by atoms with E-state index < -0.39 is 10.0 Å². The monoisotopic (exact) mass is 456 g/mol. The van der Waals surface area contributed by atoms with Crippen molar-refractivity contribution in [3.63, 3.8) is 0 Å². The first-order valence-corrected chi connectivity index (χ1v) is 12.0. The molecule has 2 N–H and O–H groups in total. The van der Waals surface area contributed by atoms with Crippen molar-refractivity contribution in [1.29, 1.82) is 0 Å². The molecule has 1 atom stereocenters. The zero-order chi connectivity index (χ0) is 22.4. The molecule has 0 aliphatic carbocycles. The van der Waals surface area contributed by atoms with Crippen LogP contribution in [0.3, 0.4) is 0 Å². The van der Waals surface area contributed by atoms with Gasteiger partial charge < -0.3 is 10.1 Å². The van der Waals surface area contributed by atoms with Gasteiger partial charge in [-0.15, -0.1) is 11.8 Å². The Morgan fingerprint density at radius 1 is 0.968 bits per heavy atom. The highest BCUT2D eigenvalue weighted by Gasteiger charge is 2.20. The van der Waals surface area contributed by atoms with Gasteiger partial charge in [-0.1, -0.05) is 36.4 Å². The number of carbonyl (C=O) groups excluding carboxylic acids is 1. The minimum atomic E-state index is -3.88. The summed E-state index contributed by atoms with van der Waals surface area (Å²) in [5, 5.41) is 2.50. The van der Waals surface area contributed by atoms with Crippen LogP contribution in [-0.4, -0.2) is 26.7 Å². The number of methoxy groups -OCH3 is 1. The molecule has 8 heteroatoms. The van der Waals surface area contributed by atoms with Crippen molar-refractivity contribution in [2.24, 2.45) is 0 Å². The van der Waals surface area contributed by atoms with Crippen LogP contribution >= 0.6 is 11.8 Å². The number of amides is 1. The molecule has 0 radical (unpaired) electrons. The minimum absolute atomic E-state index is 0.0441. The van der Waals surface area contributed by atoms with Crippen LogP contribution in [0.5, 0.6) is 5.75 Å². The van der Waals surface area contributed by atoms with Crippen molar-refractivity contribution in [3.8, 4) is 5.75 Å². The molecule has 0 bridgehead atoms. The molecule has 162 valence electrons. The highest BCUT2D eigenvalue weighted by molar-refractivity contribution is 8.00. The zero-order valence-electron chi connectivity index (χ0n) is 17.5. The van der Waals surface area contributed by atoms with Crippen molar-refractivity contribution in [2.75, 3.05) is 17.1 Å². The summed E-state index contributed by atoms with van der Waals surface area (Å²) in [6.07, 6.45) is 0. The lowest BCUT2D eigenvalue weighted by atomic mass is 10.2. The molecule has 3 aromatic carbocycles. The molecule has 0 aliphatic heterocycles. The zero-order valence-corrected chi connectivity index (χ0v) is 19.1. The number of sulfonamides is 1. The van der Waals surface area contributed by atoms with Crippen molar-refractivity contribution >= 4 is 39.1 Å². The third-order valence-corrected chi connectivity index (χ3v) is 7.03. The van der Waals surface area contributed by atoms with Crippen LogP contribution in [0.4, 0.5) is 11.4 Å². The van der Waals surface area contributed by atoms with Crippen LogP contribution in [0.25, 0.3) is 0 Å². The summed E-state index contributed by atoms with van der Waals surface area (Å²) in [5.74, 6) is 0.211. The molecule has 31 heavy (non-hydrogen) atoms. The van der Waals surface area contributed by atoms with Gasteiger partial charge >= 0.3 is 0 Å². The van der Waals surface area contributed by atoms with Crippen LogP contribution in [0.15, 0.2) is 82.6 Å². The standard InChI is InChI=1S/C23H24N2O4S2/c1-16-13-14-19(31(27,28)25-20-11-7-8-12-22(20)29-3)15-21(16)24-23(26)17(2)30-18-9-5-4-6-10-18/h4-15,17,25H,1-3H3,(H,24,26). The predicted octanol–water partition coefficient (Wildman–Crippen LogP) is 4.92. The average Bonchev–Trinajstić information content (AvgIpc) is 2.76. The quantitative estimate of drug-likeness (QED) is 0.470. The fraction of sp³-hybridized carbons (Fsp3) is 0.174. The SMILES string of the molecule is COc1ccccc1NS(=O)(=O)c1ccc(C)c(NC(=O)C(C)Sc2ccccc2)c1. The summed E-state index contributed by atoms with van der Waals surface area (Å²) >= 11 is 1.44. The van der Waals surface area contributed by atoms with E-state index in [1.165, 1.54) is 31.0 Å². The second-order valence-electron chi connectivity index (χ2n) is 6.84. The van der Waals surface area contributed by atoms with Gasteiger partial charge in [0.05, 0.1) is 22.9 Å². The van der Waals surface area contributed by atoms with E-state index in [1.807, 2.05) is 44.2 Å². The lowest BCUT2D eigenvalue weighted by Gasteiger charge is -2.16. The van der Waals surface area contributed by atoms with Crippen LogP contribution in [-0.2, 0) is 14.8 Å². The first kappa shape index (κ1) is 22.7. The van der Waals surface area contributed by atoms with Crippen molar-refractivity contribution in [2.45, 2.75) is 28.9 Å². The highest BCUT2D eigenvalue weighted by Crippen LogP contribution is 2.29. The van der Waals surface area contributed by atoms with Crippen molar-refractivity contribution in [1.82, 2.24) is 0 Å². The summed E-state index contributed by atoms with van der Waals surface area (Å²) in [5.41, 5.74) is 1.55. The van der Waals surface area contributed by atoms with Gasteiger partial charge in [0.2, 0.25) is 5.91 Å². The molecule has 0 heterocycles. The Morgan fingerprint density at radius 3 is 2.35 bits per heavy atom. The van der Waals surface area contributed by atoms with Crippen molar-refractivity contribution < 1.29 is 17.9 Å². The van der Waals surface area contributed by atoms with Crippen molar-refractivity contribution in [3.05, 3.63) is 78.4 Å². The van der Waals surface area contributed by atoms with E-state index in [-0.39, 0.29) is 16.1 Å². The van der Waals surface area contributed by atoms with E-state index in [9.17, 15) is 13.2 Å². The second kappa shape index (κ2) is 9.89. The van der Waals surface area contributed by atoms with Gasteiger partial charge in [0.25, 0.3) is 10.0 Å². The topological polar surface area (TPSA) is 84.5 Å². The maximum atomic E-state index is 12.9. The molecule has 0 saturated carbocycles. The number of aryl methyl sites for hydroxylation is 1. The molecule has 0 saturated heterocycles. The fourth-order valence-electron chi connectivity index (χ4n) is 2.83. The normalized spacial score (nSPS) is 12.1. The summed E-state index contributed by atoms with van der Waals surface area (Å²) in [6, 6.07) is 21.0. The van der Waals surface area contributed by atoms with E-state index in [4.69, 9.17) is 4.74 Å². The number of nitrogens with one attached hydrogen (secondary N) is 2. The van der Waals surface area contributed by atoms with Gasteiger partial charge in [-0.3, -0.25) is 9.52 Å². The molecule has 0 aliphatic rings. The van der Waals surface area contributed by atoms with Gasteiger partial charge in [-0.25, -0.2) is 8.42 Å². The molecule has 0 fully saturated rings. The highest BCUT2D eigenvalue weighted by atomic mass is 32.2. The van der Waals surface area contributed by atoms with E-state index in [0.29, 0.717) is 17.1 Å². The number of anilines is 2. The largest absolute Gasteiger partial charge is 0.495 e. The third kappa shape index (κ3) is 5.80. The molecule has 1 unspecified atom stereocenters. The Labute approximate surface area is 187 Å². The number of hydrogen-bond acceptors (Lipinski definition) is 5. The molecule has 6 nitrogen and oxygen atoms in total. The molecular formula is C23H24N2O4S2. The summed E-state index contributed by atoms with van der Waals surface area (Å²) in [4.78, 5) is 13.7. The number of carbonyl (C=O) groups is 1. The average molecular weight is 457 g/mol. The first-order valence-electron chi connectivity index (χ1n) is 9.59. The molecule has 3 rings (SSSR count). The maximum Gasteiger partial charge on any atom is 0.262 e. The van der Waals surface area contributed by atoms with Crippen LogP contribution in [0, 0.1) is 6.92 Å². The number of hydrogen-bond donors (Lipinski definition) is 2. The second-order valence-corrected chi connectivity index (χ2v) is 9.94. The first-order chi connectivity index (χ1) is 14.8. The van der Waals surface area contributed by atoms with Gasteiger partial charge in [-0.05, 0) is 55.8 Å². The lowest BCUT2D eigenvalue weighted by molar-refractivity contribution is -0.115. The Balaban J connectivity index is 1.78. The van der Waals surface area contributed by atoms with E-state index in [0.717, 1.165) is 10.5 Å². The van der Waals surface area contributed by atoms with E-state index in [1.54, 1.807) is 30.3 Å². The number of thioether (sulfide) groups is 1. The molecule has 3 aromatic rings. The van der Waals surface area contributed by atoms with Crippen LogP contribution < -0.4 is 14.8 Å². The number of rotatable bonds is 8. The Kier molecular flexibility index (Phi) is 7.25. The fourth-order valence-corrected chi connectivity index (χ4v) is 4.81. The lowest BCUT2D eigenvalue weighted by Crippen LogP contribution is -2.23. The Morgan fingerprint density at radius 2 is 1.65 bits per heavy atom. The number of benzene rings is 3. The van der Waals surface area contributed by atoms with Crippen LogP contribution in [0.2, 0.25) is 0 Å². The summed E-state index contributed by atoms with van der Waals surface area (Å²) < 4.78 is 33.6. The summed E-state index contributed by atoms with van der Waals surface area (Å²) in [7, 11) is -2.40. The van der Waals surface area contributed by atoms with Gasteiger partial charge in [0.15, 0.2) is 0 Å². The predicted molar refractivity (Wildman–Crippen MR) is 125 cm³/mol. The van der Waals surface area contributed by atoms with Crippen LogP contribution in [0.1, 0.15) is 12.5 Å². The number of ether oxygens (including phenoxy) is 1. The van der Waals surface area contributed by atoms with Gasteiger partial charge in [-0.2, -0.15) is 0 Å². The maximum absolute atomic E-state index is 12.9. The van der Waals surface area contributed by atoms with E-state index >= 15 is 0 Å². The van der Waals surface area contributed by atoms with E-state index in [2.05, 4.69) is 10.0 Å². The minimum Gasteiger partial charge on any atom is -0.495 e. The Bertz CT molecular complexity index is 1170.